The van der Waals surface area contributed by atoms with Crippen molar-refractivity contribution >= 4 is 29.3 Å². The van der Waals surface area contributed by atoms with Gasteiger partial charge in [0.2, 0.25) is 11.8 Å². The maximum atomic E-state index is 12.6. The zero-order valence-corrected chi connectivity index (χ0v) is 15.8. The number of quaternary nitrogens is 1. The Morgan fingerprint density at radius 1 is 1.15 bits per heavy atom. The topological polar surface area (TPSA) is 62.6 Å². The number of thioether (sulfide) groups is 1. The average Bonchev–Trinajstić information content (AvgIpc) is 2.62. The monoisotopic (exact) mass is 370 g/mol. The second-order valence-electron chi connectivity index (χ2n) is 6.74. The van der Waals surface area contributed by atoms with E-state index in [4.69, 9.17) is 0 Å². The van der Waals surface area contributed by atoms with Crippen molar-refractivity contribution in [3.8, 4) is 0 Å². The molecule has 0 unspecified atom stereocenters. The van der Waals surface area contributed by atoms with Gasteiger partial charge in [-0.15, -0.1) is 11.8 Å². The highest BCUT2D eigenvalue weighted by molar-refractivity contribution is 8.01. The number of nitrogens with one attached hydrogen (secondary N) is 3. The third kappa shape index (κ3) is 4.65. The first kappa shape index (κ1) is 18.5. The molecular weight excluding hydrogens is 346 g/mol. The van der Waals surface area contributed by atoms with Gasteiger partial charge in [0.1, 0.15) is 12.6 Å². The van der Waals surface area contributed by atoms with Crippen molar-refractivity contribution in [3.05, 3.63) is 60.2 Å². The molecule has 0 bridgehead atoms. The first-order chi connectivity index (χ1) is 12.5. The Balaban J connectivity index is 1.66. The Labute approximate surface area is 158 Å². The molecule has 1 aliphatic heterocycles. The number of hydrogen-bond acceptors (Lipinski definition) is 3. The number of carbonyl (C=O) groups excluding carboxylic acids is 2. The first-order valence-corrected chi connectivity index (χ1v) is 9.61. The molecule has 0 spiro atoms. The molecule has 2 atom stereocenters. The molecule has 0 aromatic heterocycles. The molecule has 26 heavy (non-hydrogen) atoms. The lowest BCUT2D eigenvalue weighted by Crippen LogP contribution is -3.06. The van der Waals surface area contributed by atoms with Crippen LogP contribution in [-0.4, -0.2) is 37.7 Å². The summed E-state index contributed by atoms with van der Waals surface area (Å²) in [6.45, 7) is 0.780. The number of anilines is 1. The maximum absolute atomic E-state index is 12.6. The Hall–Kier alpha value is -2.31. The molecule has 2 aromatic carbocycles. The van der Waals surface area contributed by atoms with E-state index in [0.717, 1.165) is 22.7 Å². The number of rotatable bonds is 6. The molecule has 2 amide bonds. The van der Waals surface area contributed by atoms with Crippen LogP contribution in [0.2, 0.25) is 0 Å². The summed E-state index contributed by atoms with van der Waals surface area (Å²) in [6.07, 6.45) is 0.164. The Morgan fingerprint density at radius 3 is 2.58 bits per heavy atom. The molecule has 3 N–H and O–H groups in total. The third-order valence-corrected chi connectivity index (χ3v) is 5.50. The van der Waals surface area contributed by atoms with Crippen LogP contribution < -0.4 is 15.5 Å². The summed E-state index contributed by atoms with van der Waals surface area (Å²) >= 11 is 1.45. The van der Waals surface area contributed by atoms with E-state index < -0.39 is 5.25 Å². The fraction of sp³-hybridized carbons (Fsp3) is 0.300. The molecule has 3 rings (SSSR count). The van der Waals surface area contributed by atoms with Crippen LogP contribution in [0, 0.1) is 0 Å². The van der Waals surface area contributed by atoms with Crippen LogP contribution in [0.15, 0.2) is 59.5 Å². The lowest BCUT2D eigenvalue weighted by molar-refractivity contribution is -0.860. The van der Waals surface area contributed by atoms with Crippen molar-refractivity contribution in [2.45, 2.75) is 22.6 Å². The number of likely N-dealkylation sites (N-methyl/N-ethyl adjacent to an activating group) is 1. The second kappa shape index (κ2) is 8.38. The Morgan fingerprint density at radius 2 is 1.85 bits per heavy atom. The predicted octanol–water partition coefficient (Wildman–Crippen LogP) is 1.49. The minimum Gasteiger partial charge on any atom is -0.344 e. The summed E-state index contributed by atoms with van der Waals surface area (Å²) in [5, 5.41) is 5.58. The van der Waals surface area contributed by atoms with E-state index in [1.54, 1.807) is 0 Å². The number of hydrogen-bond donors (Lipinski definition) is 3. The van der Waals surface area contributed by atoms with Crippen molar-refractivity contribution in [3.63, 3.8) is 0 Å². The molecule has 0 saturated carbocycles. The summed E-state index contributed by atoms with van der Waals surface area (Å²) in [5.74, 6) is -0.217. The van der Waals surface area contributed by atoms with E-state index in [9.17, 15) is 9.59 Å². The van der Waals surface area contributed by atoms with Crippen molar-refractivity contribution in [1.29, 1.82) is 0 Å². The molecule has 5 nitrogen and oxygen atoms in total. The van der Waals surface area contributed by atoms with Crippen LogP contribution in [0.25, 0.3) is 0 Å². The van der Waals surface area contributed by atoms with Crippen molar-refractivity contribution in [2.75, 3.05) is 26.0 Å². The molecule has 6 heteroatoms. The lowest BCUT2D eigenvalue weighted by atomic mass is 10.1. The van der Waals surface area contributed by atoms with Crippen molar-refractivity contribution in [2.24, 2.45) is 0 Å². The Bertz CT molecular complexity index is 780. The van der Waals surface area contributed by atoms with Gasteiger partial charge in [-0.25, -0.2) is 0 Å². The summed E-state index contributed by atoms with van der Waals surface area (Å²) < 4.78 is 0. The minimum absolute atomic E-state index is 0.0716. The maximum Gasteiger partial charge on any atom is 0.238 e. The average molecular weight is 370 g/mol. The zero-order chi connectivity index (χ0) is 18.5. The molecule has 1 aliphatic rings. The van der Waals surface area contributed by atoms with E-state index in [1.807, 2.05) is 54.6 Å². The largest absolute Gasteiger partial charge is 0.344 e. The fourth-order valence-electron chi connectivity index (χ4n) is 2.99. The van der Waals surface area contributed by atoms with E-state index in [1.165, 1.54) is 16.7 Å². The highest BCUT2D eigenvalue weighted by Gasteiger charge is 2.29. The molecule has 0 fully saturated rings. The minimum atomic E-state index is -0.409. The smallest absolute Gasteiger partial charge is 0.238 e. The highest BCUT2D eigenvalue weighted by Crippen LogP contribution is 2.36. The molecular formula is C20H24N3O2S+. The van der Waals surface area contributed by atoms with Gasteiger partial charge < -0.3 is 15.5 Å². The summed E-state index contributed by atoms with van der Waals surface area (Å²) in [4.78, 5) is 27.2. The van der Waals surface area contributed by atoms with Gasteiger partial charge >= 0.3 is 0 Å². The normalized spacial score (nSPS) is 17.3. The molecule has 2 aromatic rings. The summed E-state index contributed by atoms with van der Waals surface area (Å²) in [6, 6.07) is 17.5. The van der Waals surface area contributed by atoms with Crippen LogP contribution in [-0.2, 0) is 9.59 Å². The molecule has 0 radical (unpaired) electrons. The van der Waals surface area contributed by atoms with Gasteiger partial charge in [0.15, 0.2) is 0 Å². The number of benzene rings is 2. The van der Waals surface area contributed by atoms with Crippen LogP contribution in [0.4, 0.5) is 5.69 Å². The van der Waals surface area contributed by atoms with Crippen molar-refractivity contribution in [1.82, 2.24) is 5.32 Å². The van der Waals surface area contributed by atoms with Gasteiger partial charge in [-0.2, -0.15) is 0 Å². The number of para-hydroxylation sites is 1. The third-order valence-electron chi connectivity index (χ3n) is 4.23. The van der Waals surface area contributed by atoms with Gasteiger partial charge in [0.05, 0.1) is 25.0 Å². The fourth-order valence-corrected chi connectivity index (χ4v) is 4.10. The van der Waals surface area contributed by atoms with Crippen LogP contribution >= 0.6 is 11.8 Å². The SMILES string of the molecule is C[NH+](C)C[C@H](NC(=O)C[C@H]1Sc2ccccc2NC1=O)c1ccccc1. The molecule has 0 saturated heterocycles. The van der Waals surface area contributed by atoms with Crippen molar-refractivity contribution < 1.29 is 14.5 Å². The van der Waals surface area contributed by atoms with Crippen LogP contribution in [0.3, 0.4) is 0 Å². The van der Waals surface area contributed by atoms with E-state index in [2.05, 4.69) is 24.7 Å². The lowest BCUT2D eigenvalue weighted by Gasteiger charge is -2.25. The van der Waals surface area contributed by atoms with Gasteiger partial charge in [0, 0.05) is 11.3 Å². The van der Waals surface area contributed by atoms with E-state index >= 15 is 0 Å². The summed E-state index contributed by atoms with van der Waals surface area (Å²) in [7, 11) is 4.12. The van der Waals surface area contributed by atoms with Gasteiger partial charge in [-0.05, 0) is 17.7 Å². The molecule has 0 aliphatic carbocycles. The van der Waals surface area contributed by atoms with Gasteiger partial charge in [0.25, 0.3) is 0 Å². The van der Waals surface area contributed by atoms with Gasteiger partial charge in [-0.1, -0.05) is 42.5 Å². The number of amides is 2. The van der Waals surface area contributed by atoms with E-state index in [0.29, 0.717) is 0 Å². The zero-order valence-electron chi connectivity index (χ0n) is 15.0. The highest BCUT2D eigenvalue weighted by atomic mass is 32.2. The Kier molecular flexibility index (Phi) is 5.96. The number of carbonyl (C=O) groups is 2. The number of fused-ring (bicyclic) bond motifs is 1. The summed E-state index contributed by atoms with van der Waals surface area (Å²) in [5.41, 5.74) is 1.89. The molecule has 1 heterocycles. The van der Waals surface area contributed by atoms with Crippen LogP contribution in [0.5, 0.6) is 0 Å². The second-order valence-corrected chi connectivity index (χ2v) is 7.98. The predicted molar refractivity (Wildman–Crippen MR) is 104 cm³/mol. The van der Waals surface area contributed by atoms with E-state index in [-0.39, 0.29) is 24.3 Å². The standard InChI is InChI=1S/C20H23N3O2S/c1-23(2)13-16(14-8-4-3-5-9-14)21-19(24)12-18-20(25)22-15-10-6-7-11-17(15)26-18/h3-11,16,18H,12-13H2,1-2H3,(H,21,24)(H,22,25)/p+1/t16-,18+/m0/s1. The van der Waals surface area contributed by atoms with Gasteiger partial charge in [-0.3, -0.25) is 9.59 Å². The van der Waals surface area contributed by atoms with Crippen LogP contribution in [0.1, 0.15) is 18.0 Å². The first-order valence-electron chi connectivity index (χ1n) is 8.73. The molecule has 136 valence electrons. The quantitative estimate of drug-likeness (QED) is 0.722.